The third kappa shape index (κ3) is 3.94. The molecule has 1 fully saturated rings. The smallest absolute Gasteiger partial charge is 0.231 e. The summed E-state index contributed by atoms with van der Waals surface area (Å²) in [7, 11) is 1.71. The van der Waals surface area contributed by atoms with E-state index in [-0.39, 0.29) is 12.7 Å². The number of aryl methyl sites for hydroxylation is 1. The molecule has 148 valence electrons. The van der Waals surface area contributed by atoms with Crippen LogP contribution in [-0.2, 0) is 16.0 Å². The Balaban J connectivity index is 1.65. The van der Waals surface area contributed by atoms with Crippen LogP contribution in [0.3, 0.4) is 0 Å². The van der Waals surface area contributed by atoms with Gasteiger partial charge >= 0.3 is 0 Å². The van der Waals surface area contributed by atoms with E-state index in [9.17, 15) is 4.79 Å². The zero-order chi connectivity index (χ0) is 19.3. The van der Waals surface area contributed by atoms with Gasteiger partial charge in [-0.15, -0.1) is 0 Å². The molecule has 28 heavy (non-hydrogen) atoms. The molecule has 0 bridgehead atoms. The van der Waals surface area contributed by atoms with Crippen molar-refractivity contribution in [2.75, 3.05) is 38.5 Å². The fourth-order valence-corrected chi connectivity index (χ4v) is 3.65. The summed E-state index contributed by atoms with van der Waals surface area (Å²) in [6.45, 7) is 2.55. The predicted octanol–water partition coefficient (Wildman–Crippen LogP) is 2.87. The van der Waals surface area contributed by atoms with Gasteiger partial charge in [0, 0.05) is 44.5 Å². The molecule has 2 aliphatic rings. The van der Waals surface area contributed by atoms with E-state index in [1.807, 2.05) is 24.4 Å². The summed E-state index contributed by atoms with van der Waals surface area (Å²) in [5.41, 5.74) is 2.74. The maximum atomic E-state index is 11.1. The highest BCUT2D eigenvalue weighted by Crippen LogP contribution is 2.38. The van der Waals surface area contributed by atoms with Gasteiger partial charge in [0.2, 0.25) is 6.79 Å². The molecular weight excluding hydrogens is 358 g/mol. The Morgan fingerprint density at radius 2 is 2.07 bits per heavy atom. The number of rotatable bonds is 7. The highest BCUT2D eigenvalue weighted by Gasteiger charge is 2.24. The van der Waals surface area contributed by atoms with Crippen molar-refractivity contribution in [3.63, 3.8) is 0 Å². The van der Waals surface area contributed by atoms with Gasteiger partial charge < -0.3 is 23.9 Å². The van der Waals surface area contributed by atoms with E-state index >= 15 is 0 Å². The number of nitrogens with zero attached hydrogens (tertiary/aromatic N) is 3. The van der Waals surface area contributed by atoms with Crippen molar-refractivity contribution < 1.29 is 19.0 Å². The van der Waals surface area contributed by atoms with Crippen molar-refractivity contribution >= 4 is 12.1 Å². The molecule has 0 N–H and O–H groups in total. The van der Waals surface area contributed by atoms with Gasteiger partial charge in [0.25, 0.3) is 0 Å². The number of carbonyl (C=O) groups excluding carboxylic acids is 1. The van der Waals surface area contributed by atoms with E-state index in [4.69, 9.17) is 24.2 Å². The van der Waals surface area contributed by atoms with Gasteiger partial charge in [-0.25, -0.2) is 4.98 Å². The first-order valence-electron chi connectivity index (χ1n) is 9.73. The van der Waals surface area contributed by atoms with E-state index in [1.54, 1.807) is 7.11 Å². The van der Waals surface area contributed by atoms with Gasteiger partial charge in [0.1, 0.15) is 12.0 Å². The van der Waals surface area contributed by atoms with Crippen LogP contribution in [0.5, 0.6) is 11.5 Å². The zero-order valence-corrected chi connectivity index (χ0v) is 16.1. The average molecular weight is 383 g/mol. The van der Waals surface area contributed by atoms with Crippen molar-refractivity contribution in [3.8, 4) is 22.8 Å². The van der Waals surface area contributed by atoms with Gasteiger partial charge in [-0.2, -0.15) is 0 Å². The summed E-state index contributed by atoms with van der Waals surface area (Å²) in [6, 6.07) is 5.86. The normalized spacial score (nSPS) is 16.4. The van der Waals surface area contributed by atoms with Crippen LogP contribution in [-0.4, -0.2) is 49.9 Å². The Labute approximate surface area is 164 Å². The van der Waals surface area contributed by atoms with E-state index in [0.717, 1.165) is 79.3 Å². The molecule has 1 aromatic carbocycles. The monoisotopic (exact) mass is 383 g/mol. The van der Waals surface area contributed by atoms with Crippen molar-refractivity contribution in [2.24, 2.45) is 5.92 Å². The fourth-order valence-electron chi connectivity index (χ4n) is 3.65. The first-order valence-corrected chi connectivity index (χ1v) is 9.73. The molecule has 0 amide bonds. The van der Waals surface area contributed by atoms with E-state index in [2.05, 4.69) is 4.90 Å². The number of carbonyl (C=O) groups is 1. The topological polar surface area (TPSA) is 73.8 Å². The second kappa shape index (κ2) is 8.56. The first-order chi connectivity index (χ1) is 13.8. The molecule has 0 unspecified atom stereocenters. The Bertz CT molecular complexity index is 834. The highest BCUT2D eigenvalue weighted by molar-refractivity contribution is 5.74. The van der Waals surface area contributed by atoms with Crippen LogP contribution in [0.25, 0.3) is 11.3 Å². The molecule has 3 heterocycles. The number of ether oxygens (including phenoxy) is 3. The Hall–Kier alpha value is -2.67. The molecule has 0 atom stereocenters. The average Bonchev–Trinajstić information content (AvgIpc) is 3.22. The predicted molar refractivity (Wildman–Crippen MR) is 105 cm³/mol. The number of aromatic nitrogens is 2. The van der Waals surface area contributed by atoms with E-state index in [1.165, 1.54) is 0 Å². The van der Waals surface area contributed by atoms with Crippen LogP contribution in [0.4, 0.5) is 5.82 Å². The van der Waals surface area contributed by atoms with Crippen LogP contribution in [0.2, 0.25) is 0 Å². The van der Waals surface area contributed by atoms with Gasteiger partial charge in [-0.1, -0.05) is 0 Å². The van der Waals surface area contributed by atoms with Gasteiger partial charge in [-0.3, -0.25) is 4.98 Å². The number of benzene rings is 1. The summed E-state index contributed by atoms with van der Waals surface area (Å²) in [5, 5.41) is 0. The van der Waals surface area contributed by atoms with E-state index in [0.29, 0.717) is 6.61 Å². The van der Waals surface area contributed by atoms with Gasteiger partial charge in [0.15, 0.2) is 17.3 Å². The van der Waals surface area contributed by atoms with Crippen molar-refractivity contribution in [3.05, 3.63) is 30.1 Å². The van der Waals surface area contributed by atoms with Gasteiger partial charge in [0.05, 0.1) is 5.69 Å². The van der Waals surface area contributed by atoms with Crippen LogP contribution in [0, 0.1) is 5.92 Å². The highest BCUT2D eigenvalue weighted by atomic mass is 16.7. The van der Waals surface area contributed by atoms with Crippen LogP contribution < -0.4 is 14.4 Å². The zero-order valence-electron chi connectivity index (χ0n) is 16.1. The maximum Gasteiger partial charge on any atom is 0.231 e. The second-order valence-corrected chi connectivity index (χ2v) is 7.16. The molecule has 1 aromatic heterocycles. The molecule has 2 aromatic rings. The Kier molecular flexibility index (Phi) is 5.71. The summed E-state index contributed by atoms with van der Waals surface area (Å²) >= 11 is 0. The van der Waals surface area contributed by atoms with Crippen molar-refractivity contribution in [2.45, 2.75) is 25.7 Å². The van der Waals surface area contributed by atoms with Crippen LogP contribution >= 0.6 is 0 Å². The lowest BCUT2D eigenvalue weighted by atomic mass is 9.98. The molecule has 0 aliphatic carbocycles. The molecule has 2 aliphatic heterocycles. The summed E-state index contributed by atoms with van der Waals surface area (Å²) < 4.78 is 16.1. The molecule has 0 spiro atoms. The Morgan fingerprint density at radius 1 is 1.25 bits per heavy atom. The number of methoxy groups -OCH3 is 1. The molecule has 7 nitrogen and oxygen atoms in total. The van der Waals surface area contributed by atoms with E-state index < -0.39 is 0 Å². The summed E-state index contributed by atoms with van der Waals surface area (Å²) in [6.07, 6.45) is 6.33. The lowest BCUT2D eigenvalue weighted by molar-refractivity contribution is -0.111. The maximum absolute atomic E-state index is 11.1. The molecule has 1 saturated heterocycles. The SMILES string of the molecule is COCCCc1cnc(-c2ccc3c(c2)OCO3)c(N2CCC(C=O)CC2)n1. The number of fused-ring (bicyclic) bond motifs is 1. The lowest BCUT2D eigenvalue weighted by Crippen LogP contribution is -2.35. The van der Waals surface area contributed by atoms with Crippen molar-refractivity contribution in [1.29, 1.82) is 0 Å². The summed E-state index contributed by atoms with van der Waals surface area (Å²) in [4.78, 5) is 23.1. The largest absolute Gasteiger partial charge is 0.454 e. The third-order valence-electron chi connectivity index (χ3n) is 5.26. The summed E-state index contributed by atoms with van der Waals surface area (Å²) in [5.74, 6) is 2.50. The fraction of sp³-hybridized carbons (Fsp3) is 0.476. The third-order valence-corrected chi connectivity index (χ3v) is 5.26. The Morgan fingerprint density at radius 3 is 2.86 bits per heavy atom. The van der Waals surface area contributed by atoms with Crippen LogP contribution in [0.15, 0.2) is 24.4 Å². The van der Waals surface area contributed by atoms with Crippen molar-refractivity contribution in [1.82, 2.24) is 9.97 Å². The minimum absolute atomic E-state index is 0.142. The number of hydrogen-bond donors (Lipinski definition) is 0. The molecule has 4 rings (SSSR count). The first kappa shape index (κ1) is 18.7. The number of anilines is 1. The standard InChI is InChI=1S/C21H25N3O4/c1-26-10-2-3-17-12-22-20(16-4-5-18-19(11-16)28-14-27-18)21(23-17)24-8-6-15(13-25)7-9-24/h4-5,11-13,15H,2-3,6-10,14H2,1H3. The second-order valence-electron chi connectivity index (χ2n) is 7.16. The van der Waals surface area contributed by atoms with Crippen LogP contribution in [0.1, 0.15) is 25.0 Å². The number of hydrogen-bond acceptors (Lipinski definition) is 7. The minimum atomic E-state index is 0.142. The minimum Gasteiger partial charge on any atom is -0.454 e. The molecule has 7 heteroatoms. The molecular formula is C21H25N3O4. The quantitative estimate of drug-likeness (QED) is 0.538. The number of piperidine rings is 1. The van der Waals surface area contributed by atoms with Gasteiger partial charge in [-0.05, 0) is 43.9 Å². The molecule has 0 saturated carbocycles. The number of aldehydes is 1. The lowest BCUT2D eigenvalue weighted by Gasteiger charge is -2.32. The molecule has 0 radical (unpaired) electrons.